The lowest BCUT2D eigenvalue weighted by Crippen LogP contribution is -2.50. The lowest BCUT2D eigenvalue weighted by molar-refractivity contribution is -0.0284. The van der Waals surface area contributed by atoms with Crippen LogP contribution in [0.25, 0.3) is 0 Å². The molecule has 0 bridgehead atoms. The van der Waals surface area contributed by atoms with E-state index in [9.17, 15) is 0 Å². The Bertz CT molecular complexity index is 561. The average molecular weight is 376 g/mol. The van der Waals surface area contributed by atoms with Crippen molar-refractivity contribution in [3.05, 3.63) is 35.9 Å². The molecule has 2 rings (SSSR count). The summed E-state index contributed by atoms with van der Waals surface area (Å²) in [5.41, 5.74) is 1.30. The first-order chi connectivity index (χ1) is 13.0. The van der Waals surface area contributed by atoms with Gasteiger partial charge in [-0.1, -0.05) is 44.2 Å². The summed E-state index contributed by atoms with van der Waals surface area (Å²) >= 11 is 0. The van der Waals surface area contributed by atoms with Crippen LogP contribution >= 0.6 is 0 Å². The molecule has 0 radical (unpaired) electrons. The summed E-state index contributed by atoms with van der Waals surface area (Å²) < 4.78 is 5.92. The van der Waals surface area contributed by atoms with Gasteiger partial charge in [0.05, 0.1) is 18.8 Å². The maximum Gasteiger partial charge on any atom is 0.191 e. The van der Waals surface area contributed by atoms with Gasteiger partial charge in [-0.15, -0.1) is 0 Å². The van der Waals surface area contributed by atoms with Crippen LogP contribution in [-0.4, -0.2) is 82.3 Å². The first-order valence-electron chi connectivity index (χ1n) is 9.99. The highest BCUT2D eigenvalue weighted by Gasteiger charge is 2.21. The number of nitrogens with zero attached hydrogens (tertiary/aromatic N) is 3. The fraction of sp³-hybridized carbons (Fsp3) is 0.667. The minimum Gasteiger partial charge on any atom is -0.374 e. The zero-order valence-corrected chi connectivity index (χ0v) is 17.6. The van der Waals surface area contributed by atoms with Crippen molar-refractivity contribution in [2.24, 2.45) is 10.9 Å². The molecule has 0 spiro atoms. The molecule has 152 valence electrons. The third-order valence-corrected chi connectivity index (χ3v) is 4.84. The number of ether oxygens (including phenoxy) is 1. The molecule has 1 aliphatic rings. The van der Waals surface area contributed by atoms with Crippen LogP contribution in [0.15, 0.2) is 35.3 Å². The van der Waals surface area contributed by atoms with Gasteiger partial charge in [0, 0.05) is 39.8 Å². The van der Waals surface area contributed by atoms with Crippen molar-refractivity contribution in [1.82, 2.24) is 20.4 Å². The molecule has 2 atom stereocenters. The van der Waals surface area contributed by atoms with Crippen molar-refractivity contribution in [3.63, 3.8) is 0 Å². The molecule has 2 N–H and O–H groups in total. The molecule has 0 saturated carbocycles. The molecule has 1 saturated heterocycles. The summed E-state index contributed by atoms with van der Waals surface area (Å²) in [5.74, 6) is 1.51. The zero-order valence-electron chi connectivity index (χ0n) is 17.6. The van der Waals surface area contributed by atoms with Crippen molar-refractivity contribution in [2.75, 3.05) is 60.5 Å². The Morgan fingerprint density at radius 3 is 2.63 bits per heavy atom. The van der Waals surface area contributed by atoms with Gasteiger partial charge in [-0.25, -0.2) is 0 Å². The monoisotopic (exact) mass is 375 g/mol. The molecule has 1 aliphatic heterocycles. The third-order valence-electron chi connectivity index (χ3n) is 4.84. The van der Waals surface area contributed by atoms with Gasteiger partial charge in [0.2, 0.25) is 0 Å². The molecular formula is C21H37N5O. The Morgan fingerprint density at radius 2 is 2.00 bits per heavy atom. The number of benzene rings is 1. The Morgan fingerprint density at radius 1 is 1.26 bits per heavy atom. The Hall–Kier alpha value is -1.63. The predicted molar refractivity (Wildman–Crippen MR) is 113 cm³/mol. The molecule has 6 nitrogen and oxygen atoms in total. The van der Waals surface area contributed by atoms with Gasteiger partial charge in [-0.05, 0) is 25.6 Å². The maximum atomic E-state index is 5.92. The Kier molecular flexibility index (Phi) is 9.04. The van der Waals surface area contributed by atoms with Crippen molar-refractivity contribution in [3.8, 4) is 0 Å². The number of hydrogen-bond acceptors (Lipinski definition) is 4. The lowest BCUT2D eigenvalue weighted by atomic mass is 10.1. The SMILES string of the molecule is CN=C(NCC1CN(CC(C)C)CCO1)NCC(c1ccccc1)N(C)C. The van der Waals surface area contributed by atoms with E-state index in [-0.39, 0.29) is 12.1 Å². The maximum absolute atomic E-state index is 5.92. The van der Waals surface area contributed by atoms with Gasteiger partial charge in [-0.2, -0.15) is 0 Å². The summed E-state index contributed by atoms with van der Waals surface area (Å²) in [5, 5.41) is 6.89. The first-order valence-corrected chi connectivity index (χ1v) is 9.99. The second kappa shape index (κ2) is 11.3. The molecule has 27 heavy (non-hydrogen) atoms. The molecule has 2 unspecified atom stereocenters. The van der Waals surface area contributed by atoms with Crippen LogP contribution < -0.4 is 10.6 Å². The third kappa shape index (κ3) is 7.48. The van der Waals surface area contributed by atoms with E-state index in [2.05, 4.69) is 83.7 Å². The van der Waals surface area contributed by atoms with Crippen molar-refractivity contribution in [1.29, 1.82) is 0 Å². The largest absolute Gasteiger partial charge is 0.374 e. The second-order valence-corrected chi connectivity index (χ2v) is 7.87. The fourth-order valence-corrected chi connectivity index (χ4v) is 3.48. The highest BCUT2D eigenvalue weighted by Crippen LogP contribution is 2.16. The van der Waals surface area contributed by atoms with Crippen LogP contribution in [0.5, 0.6) is 0 Å². The average Bonchev–Trinajstić information content (AvgIpc) is 2.65. The zero-order chi connectivity index (χ0) is 19.6. The van der Waals surface area contributed by atoms with E-state index in [0.29, 0.717) is 5.92 Å². The lowest BCUT2D eigenvalue weighted by Gasteiger charge is -2.34. The summed E-state index contributed by atoms with van der Waals surface area (Å²) in [7, 11) is 6.03. The van der Waals surface area contributed by atoms with Crippen LogP contribution in [0.3, 0.4) is 0 Å². The smallest absolute Gasteiger partial charge is 0.191 e. The van der Waals surface area contributed by atoms with Crippen LogP contribution in [0.1, 0.15) is 25.5 Å². The fourth-order valence-electron chi connectivity index (χ4n) is 3.48. The van der Waals surface area contributed by atoms with E-state index in [0.717, 1.165) is 45.3 Å². The van der Waals surface area contributed by atoms with Crippen LogP contribution in [0.2, 0.25) is 0 Å². The van der Waals surface area contributed by atoms with E-state index < -0.39 is 0 Å². The van der Waals surface area contributed by atoms with E-state index in [4.69, 9.17) is 4.74 Å². The second-order valence-electron chi connectivity index (χ2n) is 7.87. The van der Waals surface area contributed by atoms with Gasteiger partial charge in [0.25, 0.3) is 0 Å². The topological polar surface area (TPSA) is 52.1 Å². The summed E-state index contributed by atoms with van der Waals surface area (Å²) in [6, 6.07) is 10.8. The highest BCUT2D eigenvalue weighted by molar-refractivity contribution is 5.79. The van der Waals surface area contributed by atoms with E-state index >= 15 is 0 Å². The molecule has 6 heteroatoms. The Balaban J connectivity index is 1.81. The molecule has 0 aromatic heterocycles. The number of hydrogen-bond donors (Lipinski definition) is 2. The molecule has 1 aromatic rings. The number of nitrogens with one attached hydrogen (secondary N) is 2. The molecule has 0 amide bonds. The normalized spacial score (nSPS) is 20.1. The molecule has 1 aromatic carbocycles. The van der Waals surface area contributed by atoms with E-state index in [1.54, 1.807) is 0 Å². The summed E-state index contributed by atoms with van der Waals surface area (Å²) in [6.07, 6.45) is 0.204. The number of aliphatic imine (C=N–C) groups is 1. The molecule has 0 aliphatic carbocycles. The summed E-state index contributed by atoms with van der Waals surface area (Å²) in [6.45, 7) is 10.0. The molecule has 1 fully saturated rings. The van der Waals surface area contributed by atoms with Gasteiger partial charge in [0.15, 0.2) is 5.96 Å². The van der Waals surface area contributed by atoms with Gasteiger partial charge in [0.1, 0.15) is 0 Å². The van der Waals surface area contributed by atoms with Crippen LogP contribution in [-0.2, 0) is 4.74 Å². The quantitative estimate of drug-likeness (QED) is 0.536. The van der Waals surface area contributed by atoms with Crippen molar-refractivity contribution >= 4 is 5.96 Å². The number of guanidine groups is 1. The van der Waals surface area contributed by atoms with E-state index in [1.165, 1.54) is 5.56 Å². The minimum atomic E-state index is 0.204. The van der Waals surface area contributed by atoms with Gasteiger partial charge in [-0.3, -0.25) is 9.89 Å². The minimum absolute atomic E-state index is 0.204. The highest BCUT2D eigenvalue weighted by atomic mass is 16.5. The van der Waals surface area contributed by atoms with E-state index in [1.807, 2.05) is 7.05 Å². The predicted octanol–water partition coefficient (Wildman–Crippen LogP) is 1.81. The molecule has 1 heterocycles. The number of rotatable bonds is 8. The Labute approximate surface area is 165 Å². The standard InChI is InChI=1S/C21H37N5O/c1-17(2)15-26-11-12-27-19(16-26)13-23-21(22-3)24-14-20(25(4)5)18-9-7-6-8-10-18/h6-10,17,19-20H,11-16H2,1-5H3,(H2,22,23,24). The van der Waals surface area contributed by atoms with Crippen LogP contribution in [0.4, 0.5) is 0 Å². The van der Waals surface area contributed by atoms with Gasteiger partial charge >= 0.3 is 0 Å². The van der Waals surface area contributed by atoms with Crippen molar-refractivity contribution < 1.29 is 4.74 Å². The molecular weight excluding hydrogens is 338 g/mol. The first kappa shape index (κ1) is 21.7. The number of morpholine rings is 1. The van der Waals surface area contributed by atoms with Crippen LogP contribution in [0, 0.1) is 5.92 Å². The summed E-state index contributed by atoms with van der Waals surface area (Å²) in [4.78, 5) is 9.09. The number of likely N-dealkylation sites (N-methyl/N-ethyl adjacent to an activating group) is 1. The van der Waals surface area contributed by atoms with Crippen molar-refractivity contribution in [2.45, 2.75) is 26.0 Å². The van der Waals surface area contributed by atoms with Gasteiger partial charge < -0.3 is 20.3 Å².